The standard InChI is InChI=1S/C17H30N2/c1-3-4-5-6-7-8-9-13-19(2)15-16-11-10-12-17(18)14-16/h10-12,14H,3-9,13,15,18H2,1-2H3. The van der Waals surface area contributed by atoms with E-state index in [9.17, 15) is 0 Å². The minimum atomic E-state index is 0.863. The number of nitrogens with zero attached hydrogens (tertiary/aromatic N) is 1. The Morgan fingerprint density at radius 3 is 2.37 bits per heavy atom. The van der Waals surface area contributed by atoms with E-state index in [1.807, 2.05) is 12.1 Å². The zero-order valence-corrected chi connectivity index (χ0v) is 12.7. The lowest BCUT2D eigenvalue weighted by Gasteiger charge is -2.16. The summed E-state index contributed by atoms with van der Waals surface area (Å²) >= 11 is 0. The maximum absolute atomic E-state index is 5.80. The number of rotatable bonds is 10. The summed E-state index contributed by atoms with van der Waals surface area (Å²) in [6.45, 7) is 4.45. The molecule has 0 heterocycles. The summed E-state index contributed by atoms with van der Waals surface area (Å²) in [6, 6.07) is 8.20. The Kier molecular flexibility index (Phi) is 8.31. The average molecular weight is 262 g/mol. The molecule has 2 nitrogen and oxygen atoms in total. The van der Waals surface area contributed by atoms with Gasteiger partial charge in [0.15, 0.2) is 0 Å². The topological polar surface area (TPSA) is 29.3 Å². The lowest BCUT2D eigenvalue weighted by atomic mass is 10.1. The van der Waals surface area contributed by atoms with Crippen LogP contribution in [0.4, 0.5) is 5.69 Å². The van der Waals surface area contributed by atoms with E-state index in [0.29, 0.717) is 0 Å². The van der Waals surface area contributed by atoms with Crippen LogP contribution in [0.3, 0.4) is 0 Å². The first-order valence-corrected chi connectivity index (χ1v) is 7.75. The van der Waals surface area contributed by atoms with Crippen LogP contribution in [0.15, 0.2) is 24.3 Å². The summed E-state index contributed by atoms with van der Waals surface area (Å²) in [5.41, 5.74) is 7.97. The molecule has 2 N–H and O–H groups in total. The highest BCUT2D eigenvalue weighted by Crippen LogP contribution is 2.10. The van der Waals surface area contributed by atoms with E-state index in [2.05, 4.69) is 31.0 Å². The third kappa shape index (κ3) is 7.89. The highest BCUT2D eigenvalue weighted by molar-refractivity contribution is 5.40. The van der Waals surface area contributed by atoms with Gasteiger partial charge in [0.25, 0.3) is 0 Å². The monoisotopic (exact) mass is 262 g/mol. The van der Waals surface area contributed by atoms with Crippen molar-refractivity contribution in [1.82, 2.24) is 4.90 Å². The van der Waals surface area contributed by atoms with E-state index >= 15 is 0 Å². The molecule has 19 heavy (non-hydrogen) atoms. The fraction of sp³-hybridized carbons (Fsp3) is 0.647. The molecule has 0 fully saturated rings. The van der Waals surface area contributed by atoms with Crippen molar-refractivity contribution in [1.29, 1.82) is 0 Å². The van der Waals surface area contributed by atoms with Crippen LogP contribution in [0, 0.1) is 0 Å². The number of unbranched alkanes of at least 4 members (excludes halogenated alkanes) is 6. The van der Waals surface area contributed by atoms with Crippen molar-refractivity contribution in [2.45, 2.75) is 58.4 Å². The van der Waals surface area contributed by atoms with Gasteiger partial charge < -0.3 is 10.6 Å². The van der Waals surface area contributed by atoms with Crippen molar-refractivity contribution in [2.75, 3.05) is 19.3 Å². The van der Waals surface area contributed by atoms with Crippen LogP contribution in [-0.2, 0) is 6.54 Å². The maximum Gasteiger partial charge on any atom is 0.0317 e. The van der Waals surface area contributed by atoms with Crippen LogP contribution in [0.25, 0.3) is 0 Å². The fourth-order valence-corrected chi connectivity index (χ4v) is 2.42. The van der Waals surface area contributed by atoms with Crippen molar-refractivity contribution in [3.8, 4) is 0 Å². The van der Waals surface area contributed by atoms with Crippen molar-refractivity contribution in [3.05, 3.63) is 29.8 Å². The Balaban J connectivity index is 2.06. The molecule has 0 amide bonds. The van der Waals surface area contributed by atoms with Gasteiger partial charge in [0.2, 0.25) is 0 Å². The highest BCUT2D eigenvalue weighted by atomic mass is 15.1. The molecule has 1 aromatic carbocycles. The van der Waals surface area contributed by atoms with Gasteiger partial charge in [0.05, 0.1) is 0 Å². The molecule has 0 spiro atoms. The van der Waals surface area contributed by atoms with Gasteiger partial charge >= 0.3 is 0 Å². The Hall–Kier alpha value is -1.02. The first-order chi connectivity index (χ1) is 9.22. The lowest BCUT2D eigenvalue weighted by molar-refractivity contribution is 0.316. The highest BCUT2D eigenvalue weighted by Gasteiger charge is 2.00. The molecule has 108 valence electrons. The molecule has 0 saturated heterocycles. The first-order valence-electron chi connectivity index (χ1n) is 7.75. The van der Waals surface area contributed by atoms with E-state index < -0.39 is 0 Å². The second-order valence-electron chi connectivity index (χ2n) is 5.60. The van der Waals surface area contributed by atoms with E-state index in [1.165, 1.54) is 57.1 Å². The summed E-state index contributed by atoms with van der Waals surface area (Å²) in [7, 11) is 2.19. The second kappa shape index (κ2) is 9.85. The Labute approximate surface area is 119 Å². The largest absolute Gasteiger partial charge is 0.399 e. The fourth-order valence-electron chi connectivity index (χ4n) is 2.42. The summed E-state index contributed by atoms with van der Waals surface area (Å²) in [5.74, 6) is 0. The van der Waals surface area contributed by atoms with Gasteiger partial charge in [0, 0.05) is 12.2 Å². The summed E-state index contributed by atoms with van der Waals surface area (Å²) < 4.78 is 0. The number of nitrogens with two attached hydrogens (primary N) is 1. The predicted molar refractivity (Wildman–Crippen MR) is 85.2 cm³/mol. The normalized spacial score (nSPS) is 11.1. The summed E-state index contributed by atoms with van der Waals surface area (Å²) in [4.78, 5) is 2.39. The van der Waals surface area contributed by atoms with Crippen molar-refractivity contribution < 1.29 is 0 Å². The van der Waals surface area contributed by atoms with Gasteiger partial charge in [-0.3, -0.25) is 0 Å². The molecule has 0 bridgehead atoms. The Morgan fingerprint density at radius 1 is 1.00 bits per heavy atom. The zero-order chi connectivity index (χ0) is 13.9. The molecule has 0 aliphatic rings. The lowest BCUT2D eigenvalue weighted by Crippen LogP contribution is -2.19. The van der Waals surface area contributed by atoms with E-state index in [4.69, 9.17) is 5.73 Å². The van der Waals surface area contributed by atoms with Gasteiger partial charge in [-0.05, 0) is 37.7 Å². The third-order valence-electron chi connectivity index (χ3n) is 3.55. The molecule has 0 aliphatic carbocycles. The number of hydrogen-bond donors (Lipinski definition) is 1. The quantitative estimate of drug-likeness (QED) is 0.498. The van der Waals surface area contributed by atoms with Crippen LogP contribution >= 0.6 is 0 Å². The predicted octanol–water partition coefficient (Wildman–Crippen LogP) is 4.45. The molecule has 0 aliphatic heterocycles. The first kappa shape index (κ1) is 16.0. The molecule has 0 atom stereocenters. The summed E-state index contributed by atoms with van der Waals surface area (Å²) in [5, 5.41) is 0. The number of anilines is 1. The van der Waals surface area contributed by atoms with Gasteiger partial charge in [-0.2, -0.15) is 0 Å². The summed E-state index contributed by atoms with van der Waals surface area (Å²) in [6.07, 6.45) is 9.63. The molecule has 1 aromatic rings. The van der Waals surface area contributed by atoms with Crippen LogP contribution in [0.2, 0.25) is 0 Å². The molecule has 2 heteroatoms. The minimum absolute atomic E-state index is 0.863. The third-order valence-corrected chi connectivity index (χ3v) is 3.55. The van der Waals surface area contributed by atoms with Crippen LogP contribution in [-0.4, -0.2) is 18.5 Å². The second-order valence-corrected chi connectivity index (χ2v) is 5.60. The number of hydrogen-bond acceptors (Lipinski definition) is 2. The molecule has 1 rings (SSSR count). The van der Waals surface area contributed by atoms with Crippen molar-refractivity contribution >= 4 is 5.69 Å². The molecular weight excluding hydrogens is 232 g/mol. The SMILES string of the molecule is CCCCCCCCCN(C)Cc1cccc(N)c1. The van der Waals surface area contributed by atoms with Crippen LogP contribution in [0.1, 0.15) is 57.4 Å². The van der Waals surface area contributed by atoms with E-state index in [1.54, 1.807) is 0 Å². The van der Waals surface area contributed by atoms with Gasteiger partial charge in [-0.15, -0.1) is 0 Å². The van der Waals surface area contributed by atoms with Crippen LogP contribution in [0.5, 0.6) is 0 Å². The van der Waals surface area contributed by atoms with Crippen LogP contribution < -0.4 is 5.73 Å². The maximum atomic E-state index is 5.80. The molecule has 0 aromatic heterocycles. The van der Waals surface area contributed by atoms with Gasteiger partial charge in [-0.25, -0.2) is 0 Å². The smallest absolute Gasteiger partial charge is 0.0317 e. The van der Waals surface area contributed by atoms with Crippen molar-refractivity contribution in [3.63, 3.8) is 0 Å². The van der Waals surface area contributed by atoms with Gasteiger partial charge in [0.1, 0.15) is 0 Å². The molecular formula is C17H30N2. The minimum Gasteiger partial charge on any atom is -0.399 e. The number of nitrogen functional groups attached to an aromatic ring is 1. The molecule has 0 unspecified atom stereocenters. The van der Waals surface area contributed by atoms with Crippen molar-refractivity contribution in [2.24, 2.45) is 0 Å². The van der Waals surface area contributed by atoms with E-state index in [-0.39, 0.29) is 0 Å². The molecule has 0 saturated carbocycles. The number of benzene rings is 1. The molecule has 0 radical (unpaired) electrons. The van der Waals surface area contributed by atoms with Gasteiger partial charge in [-0.1, -0.05) is 57.6 Å². The Morgan fingerprint density at radius 2 is 1.68 bits per heavy atom. The Bertz CT molecular complexity index is 336. The van der Waals surface area contributed by atoms with E-state index in [0.717, 1.165) is 12.2 Å². The zero-order valence-electron chi connectivity index (χ0n) is 12.7. The average Bonchev–Trinajstić information content (AvgIpc) is 2.37.